The molecule has 1 amide bonds. The predicted molar refractivity (Wildman–Crippen MR) is 111 cm³/mol. The Morgan fingerprint density at radius 1 is 1.26 bits per heavy atom. The monoisotopic (exact) mass is 436 g/mol. The molecule has 2 aromatic rings. The van der Waals surface area contributed by atoms with Crippen molar-refractivity contribution >= 4 is 33.3 Å². The summed E-state index contributed by atoms with van der Waals surface area (Å²) in [6, 6.07) is 6.89. The predicted octanol–water partition coefficient (Wildman–Crippen LogP) is 2.98. The molecule has 7 nitrogen and oxygen atoms in total. The van der Waals surface area contributed by atoms with Gasteiger partial charge in [-0.3, -0.25) is 19.1 Å². The van der Waals surface area contributed by atoms with Gasteiger partial charge in [-0.25, -0.2) is 4.79 Å². The average molecular weight is 437 g/mol. The third-order valence-electron chi connectivity index (χ3n) is 4.10. The maximum absolute atomic E-state index is 13.1. The summed E-state index contributed by atoms with van der Waals surface area (Å²) < 4.78 is 2.16. The van der Waals surface area contributed by atoms with E-state index < -0.39 is 11.2 Å². The van der Waals surface area contributed by atoms with Crippen molar-refractivity contribution in [2.24, 2.45) is 5.92 Å². The lowest BCUT2D eigenvalue weighted by Gasteiger charge is -2.25. The number of nitrogens with one attached hydrogen (secondary N) is 1. The Bertz CT molecular complexity index is 916. The van der Waals surface area contributed by atoms with Crippen molar-refractivity contribution in [2.45, 2.75) is 40.2 Å². The van der Waals surface area contributed by atoms with Crippen LogP contribution in [0.5, 0.6) is 0 Å². The quantitative estimate of drug-likeness (QED) is 0.696. The van der Waals surface area contributed by atoms with Crippen molar-refractivity contribution in [1.29, 1.82) is 0 Å². The van der Waals surface area contributed by atoms with Gasteiger partial charge in [0.1, 0.15) is 5.82 Å². The molecule has 0 spiro atoms. The van der Waals surface area contributed by atoms with E-state index in [9.17, 15) is 14.4 Å². The molecule has 1 aromatic carbocycles. The van der Waals surface area contributed by atoms with E-state index in [1.165, 1.54) is 9.47 Å². The number of rotatable bonds is 7. The number of halogens is 1. The molecule has 0 aliphatic heterocycles. The highest BCUT2D eigenvalue weighted by Gasteiger charge is 2.25. The van der Waals surface area contributed by atoms with E-state index in [-0.39, 0.29) is 23.3 Å². The van der Waals surface area contributed by atoms with Crippen LogP contribution in [-0.2, 0) is 6.54 Å². The molecule has 0 unspecified atom stereocenters. The van der Waals surface area contributed by atoms with Crippen molar-refractivity contribution in [3.8, 4) is 0 Å². The van der Waals surface area contributed by atoms with Crippen LogP contribution >= 0.6 is 15.9 Å². The van der Waals surface area contributed by atoms with Crippen LogP contribution in [0.4, 0.5) is 11.5 Å². The Labute approximate surface area is 166 Å². The van der Waals surface area contributed by atoms with Gasteiger partial charge in [0.15, 0.2) is 5.69 Å². The molecule has 0 fully saturated rings. The van der Waals surface area contributed by atoms with Gasteiger partial charge in [-0.1, -0.05) is 43.1 Å². The highest BCUT2D eigenvalue weighted by atomic mass is 79.9. The van der Waals surface area contributed by atoms with Crippen LogP contribution in [0, 0.1) is 5.92 Å². The molecule has 0 atom stereocenters. The molecule has 1 aromatic heterocycles. The second-order valence-electron chi connectivity index (χ2n) is 6.81. The summed E-state index contributed by atoms with van der Waals surface area (Å²) in [7, 11) is 0. The Balaban J connectivity index is 2.59. The van der Waals surface area contributed by atoms with E-state index in [1.807, 2.05) is 20.8 Å². The second-order valence-corrected chi connectivity index (χ2v) is 7.73. The number of benzene rings is 1. The second kappa shape index (κ2) is 9.03. The zero-order chi connectivity index (χ0) is 20.1. The number of nitrogens with two attached hydrogens (primary N) is 1. The van der Waals surface area contributed by atoms with Gasteiger partial charge in [-0.05, 0) is 36.6 Å². The highest BCUT2D eigenvalue weighted by Crippen LogP contribution is 2.21. The van der Waals surface area contributed by atoms with Gasteiger partial charge in [0.2, 0.25) is 0 Å². The zero-order valence-corrected chi connectivity index (χ0v) is 17.4. The molecule has 0 saturated carbocycles. The van der Waals surface area contributed by atoms with Crippen molar-refractivity contribution in [3.63, 3.8) is 0 Å². The molecule has 8 heteroatoms. The Morgan fingerprint density at radius 2 is 1.89 bits per heavy atom. The zero-order valence-electron chi connectivity index (χ0n) is 15.8. The lowest BCUT2D eigenvalue weighted by atomic mass is 10.1. The number of aromatic amines is 1. The third-order valence-corrected chi connectivity index (χ3v) is 4.63. The number of nitrogens with zero attached hydrogens (tertiary/aromatic N) is 2. The molecule has 3 N–H and O–H groups in total. The van der Waals surface area contributed by atoms with E-state index in [2.05, 4.69) is 20.9 Å². The molecule has 0 aliphatic carbocycles. The molecule has 1 heterocycles. The van der Waals surface area contributed by atoms with Gasteiger partial charge in [-0.2, -0.15) is 0 Å². The number of aromatic nitrogens is 2. The summed E-state index contributed by atoms with van der Waals surface area (Å²) in [6.07, 6.45) is 1.54. The summed E-state index contributed by atoms with van der Waals surface area (Å²) in [5.74, 6) is -0.170. The number of nitrogen functional groups attached to an aromatic ring is 1. The molecular formula is C19H25BrN4O3. The fraction of sp³-hybridized carbons (Fsp3) is 0.421. The van der Waals surface area contributed by atoms with Crippen molar-refractivity contribution < 1.29 is 4.79 Å². The number of hydrogen-bond donors (Lipinski definition) is 2. The van der Waals surface area contributed by atoms with Gasteiger partial charge in [0, 0.05) is 23.1 Å². The van der Waals surface area contributed by atoms with Gasteiger partial charge >= 0.3 is 5.69 Å². The minimum Gasteiger partial charge on any atom is -0.383 e. The first kappa shape index (κ1) is 21.0. The van der Waals surface area contributed by atoms with Crippen LogP contribution in [0.1, 0.15) is 44.0 Å². The first-order valence-electron chi connectivity index (χ1n) is 8.96. The van der Waals surface area contributed by atoms with Crippen molar-refractivity contribution in [1.82, 2.24) is 9.55 Å². The van der Waals surface area contributed by atoms with Gasteiger partial charge in [0.25, 0.3) is 11.5 Å². The smallest absolute Gasteiger partial charge is 0.330 e. The van der Waals surface area contributed by atoms with Crippen LogP contribution in [0.3, 0.4) is 0 Å². The van der Waals surface area contributed by atoms with Crippen LogP contribution in [-0.4, -0.2) is 22.0 Å². The van der Waals surface area contributed by atoms with E-state index in [0.717, 1.165) is 10.9 Å². The number of carbonyl (C=O) groups is 1. The fourth-order valence-corrected chi connectivity index (χ4v) is 3.03. The maximum atomic E-state index is 13.1. The van der Waals surface area contributed by atoms with Crippen LogP contribution in [0.15, 0.2) is 38.3 Å². The minimum absolute atomic E-state index is 0.0130. The first-order valence-corrected chi connectivity index (χ1v) is 9.75. The molecular weight excluding hydrogens is 412 g/mol. The molecule has 2 rings (SSSR count). The van der Waals surface area contributed by atoms with Crippen LogP contribution in [0.25, 0.3) is 0 Å². The number of H-pyrrole nitrogens is 1. The third kappa shape index (κ3) is 4.88. The molecule has 146 valence electrons. The summed E-state index contributed by atoms with van der Waals surface area (Å²) in [4.78, 5) is 41.5. The number of hydrogen-bond acceptors (Lipinski definition) is 4. The topological polar surface area (TPSA) is 101 Å². The molecule has 0 saturated heterocycles. The van der Waals surface area contributed by atoms with E-state index in [1.54, 1.807) is 24.3 Å². The number of carbonyl (C=O) groups excluding carboxylic acids is 1. The summed E-state index contributed by atoms with van der Waals surface area (Å²) in [5, 5.41) is 0. The maximum Gasteiger partial charge on any atom is 0.330 e. The summed E-state index contributed by atoms with van der Waals surface area (Å²) in [5.41, 5.74) is 5.43. The van der Waals surface area contributed by atoms with E-state index in [0.29, 0.717) is 25.1 Å². The van der Waals surface area contributed by atoms with Crippen LogP contribution < -0.4 is 21.9 Å². The van der Waals surface area contributed by atoms with Crippen molar-refractivity contribution in [3.05, 3.63) is 55.1 Å². The Morgan fingerprint density at radius 3 is 2.44 bits per heavy atom. The number of anilines is 2. The fourth-order valence-electron chi connectivity index (χ4n) is 2.76. The van der Waals surface area contributed by atoms with Crippen molar-refractivity contribution in [2.75, 3.05) is 17.2 Å². The molecule has 0 bridgehead atoms. The molecule has 27 heavy (non-hydrogen) atoms. The SMILES string of the molecule is CCCCN(C(=O)c1ccc(Br)cc1)c1c(N)n(CC(C)C)c(=O)[nH]c1=O. The van der Waals surface area contributed by atoms with Gasteiger partial charge < -0.3 is 10.6 Å². The standard InChI is InChI=1S/C19H25BrN4O3/c1-4-5-10-23(18(26)13-6-8-14(20)9-7-13)15-16(21)24(11-12(2)3)19(27)22-17(15)25/h6-9,12H,4-5,10-11,21H2,1-3H3,(H,22,25,27). The van der Waals surface area contributed by atoms with Gasteiger partial charge in [-0.15, -0.1) is 0 Å². The summed E-state index contributed by atoms with van der Waals surface area (Å²) in [6.45, 7) is 6.56. The normalized spacial score (nSPS) is 11.0. The highest BCUT2D eigenvalue weighted by molar-refractivity contribution is 9.10. The number of amides is 1. The van der Waals surface area contributed by atoms with Gasteiger partial charge in [0.05, 0.1) is 0 Å². The average Bonchev–Trinajstić information content (AvgIpc) is 2.61. The van der Waals surface area contributed by atoms with E-state index >= 15 is 0 Å². The summed E-state index contributed by atoms with van der Waals surface area (Å²) >= 11 is 3.34. The molecule has 0 radical (unpaired) electrons. The Kier molecular flexibility index (Phi) is 7.01. The molecule has 0 aliphatic rings. The Hall–Kier alpha value is -2.35. The first-order chi connectivity index (χ1) is 12.8. The number of unbranched alkanes of at least 4 members (excludes halogenated alkanes) is 1. The lowest BCUT2D eigenvalue weighted by Crippen LogP contribution is -2.42. The minimum atomic E-state index is -0.654. The van der Waals surface area contributed by atoms with E-state index in [4.69, 9.17) is 5.73 Å². The largest absolute Gasteiger partial charge is 0.383 e. The lowest BCUT2D eigenvalue weighted by molar-refractivity contribution is 0.0986. The van der Waals surface area contributed by atoms with Crippen LogP contribution in [0.2, 0.25) is 0 Å².